The smallest absolute Gasteiger partial charge is 0.317 e. The van der Waals surface area contributed by atoms with Crippen molar-refractivity contribution in [2.75, 3.05) is 44.9 Å². The summed E-state index contributed by atoms with van der Waals surface area (Å²) in [4.78, 5) is 14.0. The summed E-state index contributed by atoms with van der Waals surface area (Å²) >= 11 is 0. The van der Waals surface area contributed by atoms with E-state index >= 15 is 0 Å². The summed E-state index contributed by atoms with van der Waals surface area (Å²) in [7, 11) is -1.19. The lowest BCUT2D eigenvalue weighted by Crippen LogP contribution is -2.49. The molecule has 22 heavy (non-hydrogen) atoms. The molecule has 0 aliphatic carbocycles. The Labute approximate surface area is 133 Å². The summed E-state index contributed by atoms with van der Waals surface area (Å²) in [6, 6.07) is -0.0672. The number of carbonyl (C=O) groups is 1. The third-order valence-corrected chi connectivity index (χ3v) is 6.74. The van der Waals surface area contributed by atoms with Crippen molar-refractivity contribution in [1.29, 1.82) is 0 Å². The second-order valence-corrected chi connectivity index (χ2v) is 9.27. The van der Waals surface area contributed by atoms with Crippen LogP contribution >= 0.6 is 0 Å². The average Bonchev–Trinajstić information content (AvgIpc) is 2.44. The topological polar surface area (TPSA) is 75.7 Å². The minimum absolute atomic E-state index is 0.0613. The second kappa shape index (κ2) is 7.17. The highest BCUT2D eigenvalue weighted by atomic mass is 32.2. The fraction of sp³-hybridized carbons (Fsp3) is 0.933. The number of likely N-dealkylation sites (tertiary alicyclic amines) is 1. The molecule has 2 aliphatic rings. The molecule has 1 unspecified atom stereocenters. The van der Waals surface area contributed by atoms with Gasteiger partial charge in [-0.3, -0.25) is 0 Å². The highest BCUT2D eigenvalue weighted by molar-refractivity contribution is 7.91. The number of piperidine rings is 1. The van der Waals surface area contributed by atoms with Crippen LogP contribution in [-0.2, 0) is 14.6 Å². The zero-order chi connectivity index (χ0) is 16.2. The molecular weight excluding hydrogens is 304 g/mol. The molecule has 0 bridgehead atoms. The number of methoxy groups -OCH3 is 1. The van der Waals surface area contributed by atoms with Gasteiger partial charge in [0.15, 0.2) is 9.84 Å². The van der Waals surface area contributed by atoms with Crippen LogP contribution < -0.4 is 5.32 Å². The molecule has 0 spiro atoms. The molecule has 0 saturated carbocycles. The molecule has 0 radical (unpaired) electrons. The van der Waals surface area contributed by atoms with E-state index in [0.717, 1.165) is 39.0 Å². The van der Waals surface area contributed by atoms with Gasteiger partial charge in [0.2, 0.25) is 0 Å². The summed E-state index contributed by atoms with van der Waals surface area (Å²) in [5.41, 5.74) is 0.156. The first-order valence-corrected chi connectivity index (χ1v) is 9.88. The molecule has 1 atom stereocenters. The molecule has 0 aromatic carbocycles. The maximum absolute atomic E-state index is 12.2. The van der Waals surface area contributed by atoms with E-state index < -0.39 is 9.84 Å². The lowest BCUT2D eigenvalue weighted by molar-refractivity contribution is 0.0435. The number of hydrogen-bond acceptors (Lipinski definition) is 4. The minimum Gasteiger partial charge on any atom is -0.384 e. The van der Waals surface area contributed by atoms with Crippen LogP contribution in [-0.4, -0.2) is 64.2 Å². The summed E-state index contributed by atoms with van der Waals surface area (Å²) in [5.74, 6) is 0.562. The zero-order valence-corrected chi connectivity index (χ0v) is 14.5. The number of nitrogens with one attached hydrogen (secondary N) is 1. The lowest BCUT2D eigenvalue weighted by atomic mass is 9.81. The molecule has 128 valence electrons. The zero-order valence-electron chi connectivity index (χ0n) is 13.6. The number of carbonyl (C=O) groups excluding carboxylic acids is 1. The highest BCUT2D eigenvalue weighted by Gasteiger charge is 2.32. The fourth-order valence-corrected chi connectivity index (χ4v) is 5.14. The Morgan fingerprint density at radius 1 is 1.36 bits per heavy atom. The Morgan fingerprint density at radius 3 is 2.64 bits per heavy atom. The predicted octanol–water partition coefficient (Wildman–Crippen LogP) is 1.27. The van der Waals surface area contributed by atoms with E-state index in [9.17, 15) is 13.2 Å². The van der Waals surface area contributed by atoms with Crippen molar-refractivity contribution in [3.05, 3.63) is 0 Å². The maximum Gasteiger partial charge on any atom is 0.317 e. The quantitative estimate of drug-likeness (QED) is 0.841. The minimum atomic E-state index is -2.91. The first-order chi connectivity index (χ1) is 10.3. The van der Waals surface area contributed by atoms with Gasteiger partial charge in [-0.25, -0.2) is 13.2 Å². The summed E-state index contributed by atoms with van der Waals surface area (Å²) in [5, 5.41) is 2.91. The molecule has 2 heterocycles. The van der Waals surface area contributed by atoms with Crippen LogP contribution in [0.1, 0.15) is 32.6 Å². The molecule has 0 aromatic heterocycles. The van der Waals surface area contributed by atoms with Crippen LogP contribution in [0.3, 0.4) is 0 Å². The first-order valence-electron chi connectivity index (χ1n) is 8.06. The second-order valence-electron chi connectivity index (χ2n) is 7.04. The van der Waals surface area contributed by atoms with E-state index in [1.807, 2.05) is 4.90 Å². The maximum atomic E-state index is 12.2. The van der Waals surface area contributed by atoms with Gasteiger partial charge in [0.25, 0.3) is 0 Å². The number of amides is 2. The summed E-state index contributed by atoms with van der Waals surface area (Å²) < 4.78 is 28.5. The SMILES string of the molecule is COCC1(C)CCN(C(=O)NCC2CCCS(=O)(=O)C2)CC1. The number of nitrogens with zero attached hydrogens (tertiary/aromatic N) is 1. The van der Waals surface area contributed by atoms with E-state index in [4.69, 9.17) is 4.74 Å². The van der Waals surface area contributed by atoms with Crippen molar-refractivity contribution < 1.29 is 17.9 Å². The Morgan fingerprint density at radius 2 is 2.05 bits per heavy atom. The lowest BCUT2D eigenvalue weighted by Gasteiger charge is -2.39. The van der Waals surface area contributed by atoms with Crippen molar-refractivity contribution in [2.24, 2.45) is 11.3 Å². The summed E-state index contributed by atoms with van der Waals surface area (Å²) in [6.45, 7) is 4.84. The molecule has 6 nitrogen and oxygen atoms in total. The average molecular weight is 332 g/mol. The number of sulfone groups is 1. The molecule has 2 saturated heterocycles. The van der Waals surface area contributed by atoms with E-state index in [1.165, 1.54) is 0 Å². The van der Waals surface area contributed by atoms with Gasteiger partial charge in [-0.1, -0.05) is 6.92 Å². The Bertz CT molecular complexity index is 484. The summed E-state index contributed by atoms with van der Waals surface area (Å²) in [6.07, 6.45) is 3.46. The van der Waals surface area contributed by atoms with Crippen molar-refractivity contribution in [1.82, 2.24) is 10.2 Å². The Balaban J connectivity index is 1.74. The molecule has 2 aliphatic heterocycles. The van der Waals surface area contributed by atoms with Gasteiger partial charge < -0.3 is 15.0 Å². The number of rotatable bonds is 4. The first kappa shape index (κ1) is 17.5. The van der Waals surface area contributed by atoms with E-state index in [1.54, 1.807) is 7.11 Å². The molecule has 7 heteroatoms. The van der Waals surface area contributed by atoms with Gasteiger partial charge in [-0.2, -0.15) is 0 Å². The third kappa shape index (κ3) is 4.84. The van der Waals surface area contributed by atoms with Crippen LogP contribution in [0, 0.1) is 11.3 Å². The number of urea groups is 1. The standard InChI is InChI=1S/C15H28N2O4S/c1-15(12-21-2)5-7-17(8-6-15)14(18)16-10-13-4-3-9-22(19,20)11-13/h13H,3-12H2,1-2H3,(H,16,18). The van der Waals surface area contributed by atoms with Gasteiger partial charge in [0.05, 0.1) is 18.1 Å². The molecule has 2 amide bonds. The molecule has 2 rings (SSSR count). The Kier molecular flexibility index (Phi) is 5.71. The van der Waals surface area contributed by atoms with Crippen LogP contribution in [0.4, 0.5) is 4.79 Å². The monoisotopic (exact) mass is 332 g/mol. The fourth-order valence-electron chi connectivity index (χ4n) is 3.36. The van der Waals surface area contributed by atoms with Gasteiger partial charge in [0, 0.05) is 26.7 Å². The van der Waals surface area contributed by atoms with E-state index in [-0.39, 0.29) is 23.1 Å². The van der Waals surface area contributed by atoms with E-state index in [2.05, 4.69) is 12.2 Å². The van der Waals surface area contributed by atoms with Crippen molar-refractivity contribution >= 4 is 15.9 Å². The largest absolute Gasteiger partial charge is 0.384 e. The highest BCUT2D eigenvalue weighted by Crippen LogP contribution is 2.30. The van der Waals surface area contributed by atoms with Gasteiger partial charge in [0.1, 0.15) is 0 Å². The van der Waals surface area contributed by atoms with Crippen LogP contribution in [0.15, 0.2) is 0 Å². The molecular formula is C15H28N2O4S. The van der Waals surface area contributed by atoms with Crippen molar-refractivity contribution in [3.8, 4) is 0 Å². The van der Waals surface area contributed by atoms with Gasteiger partial charge in [-0.15, -0.1) is 0 Å². The van der Waals surface area contributed by atoms with Gasteiger partial charge in [-0.05, 0) is 37.0 Å². The molecule has 2 fully saturated rings. The molecule has 1 N–H and O–H groups in total. The molecule has 0 aromatic rings. The van der Waals surface area contributed by atoms with Crippen molar-refractivity contribution in [2.45, 2.75) is 32.6 Å². The normalized spacial score (nSPS) is 27.4. The van der Waals surface area contributed by atoms with Crippen LogP contribution in [0.25, 0.3) is 0 Å². The Hall–Kier alpha value is -0.820. The van der Waals surface area contributed by atoms with Crippen molar-refractivity contribution in [3.63, 3.8) is 0 Å². The number of hydrogen-bond donors (Lipinski definition) is 1. The number of ether oxygens (including phenoxy) is 1. The van der Waals surface area contributed by atoms with Crippen LogP contribution in [0.5, 0.6) is 0 Å². The third-order valence-electron chi connectivity index (χ3n) is 4.85. The van der Waals surface area contributed by atoms with E-state index in [0.29, 0.717) is 18.7 Å². The van der Waals surface area contributed by atoms with Crippen LogP contribution in [0.2, 0.25) is 0 Å². The van der Waals surface area contributed by atoms with Gasteiger partial charge >= 0.3 is 6.03 Å². The predicted molar refractivity (Wildman–Crippen MR) is 85.6 cm³/mol.